The third kappa shape index (κ3) is 3.82. The molecule has 1 N–H and O–H groups in total. The van der Waals surface area contributed by atoms with E-state index in [2.05, 4.69) is 24.4 Å². The lowest BCUT2D eigenvalue weighted by atomic mass is 10.1. The van der Waals surface area contributed by atoms with Gasteiger partial charge in [0.25, 0.3) is 0 Å². The number of furan rings is 1. The van der Waals surface area contributed by atoms with Gasteiger partial charge in [0.1, 0.15) is 11.3 Å². The van der Waals surface area contributed by atoms with Crippen LogP contribution in [-0.4, -0.2) is 33.5 Å². The Morgan fingerprint density at radius 3 is 2.80 bits per heavy atom. The summed E-state index contributed by atoms with van der Waals surface area (Å²) in [6.07, 6.45) is 0.913. The van der Waals surface area contributed by atoms with Crippen LogP contribution in [0.4, 0.5) is 0 Å². The highest BCUT2D eigenvalue weighted by molar-refractivity contribution is 5.82. The van der Waals surface area contributed by atoms with E-state index in [9.17, 15) is 0 Å². The Morgan fingerprint density at radius 2 is 2.00 bits per heavy atom. The molecule has 2 rings (SSSR count). The number of nitrogens with one attached hydrogen (secondary N) is 1. The first-order valence-electron chi connectivity index (χ1n) is 7.13. The lowest BCUT2D eigenvalue weighted by molar-refractivity contribution is 0.0719. The lowest BCUT2D eigenvalue weighted by Crippen LogP contribution is -2.20. The van der Waals surface area contributed by atoms with Crippen LogP contribution in [0.15, 0.2) is 28.7 Å². The number of hydrogen-bond acceptors (Lipinski definition) is 4. The molecule has 0 radical (unpaired) electrons. The van der Waals surface area contributed by atoms with Gasteiger partial charge in [-0.3, -0.25) is 0 Å². The summed E-state index contributed by atoms with van der Waals surface area (Å²) < 4.78 is 16.2. The molecule has 0 aliphatic rings. The first-order chi connectivity index (χ1) is 9.86. The number of aryl methyl sites for hydroxylation is 1. The van der Waals surface area contributed by atoms with Crippen LogP contribution in [0.5, 0.6) is 0 Å². The smallest absolute Gasteiger partial charge is 0.134 e. The summed E-state index contributed by atoms with van der Waals surface area (Å²) >= 11 is 0. The Morgan fingerprint density at radius 1 is 1.15 bits per heavy atom. The highest BCUT2D eigenvalue weighted by Gasteiger charge is 2.11. The maximum absolute atomic E-state index is 5.87. The molecule has 1 heterocycles. The van der Waals surface area contributed by atoms with Gasteiger partial charge in [0.15, 0.2) is 0 Å². The fourth-order valence-electron chi connectivity index (χ4n) is 2.23. The first-order valence-corrected chi connectivity index (χ1v) is 7.13. The summed E-state index contributed by atoms with van der Waals surface area (Å²) in [7, 11) is 1.68. The second kappa shape index (κ2) is 8.04. The van der Waals surface area contributed by atoms with Crippen LogP contribution in [0.1, 0.15) is 18.2 Å². The van der Waals surface area contributed by atoms with Gasteiger partial charge < -0.3 is 19.2 Å². The number of benzene rings is 1. The molecular weight excluding hydrogens is 254 g/mol. The van der Waals surface area contributed by atoms with Gasteiger partial charge in [-0.05, 0) is 6.07 Å². The van der Waals surface area contributed by atoms with Gasteiger partial charge in [-0.1, -0.05) is 25.1 Å². The normalized spacial score (nSPS) is 11.3. The minimum atomic E-state index is 0.645. The van der Waals surface area contributed by atoms with Crippen LogP contribution in [0, 0.1) is 0 Å². The summed E-state index contributed by atoms with van der Waals surface area (Å²) in [6, 6.07) is 8.19. The van der Waals surface area contributed by atoms with E-state index < -0.39 is 0 Å². The molecule has 4 heteroatoms. The molecule has 0 atom stereocenters. The topological polar surface area (TPSA) is 43.6 Å². The van der Waals surface area contributed by atoms with E-state index in [-0.39, 0.29) is 0 Å². The largest absolute Gasteiger partial charge is 0.461 e. The van der Waals surface area contributed by atoms with Crippen molar-refractivity contribution in [3.05, 3.63) is 35.6 Å². The fraction of sp³-hybridized carbons (Fsp3) is 0.500. The molecule has 1 aromatic carbocycles. The van der Waals surface area contributed by atoms with E-state index in [0.29, 0.717) is 19.8 Å². The molecule has 1 aromatic heterocycles. The van der Waals surface area contributed by atoms with Crippen LogP contribution < -0.4 is 5.32 Å². The van der Waals surface area contributed by atoms with Crippen molar-refractivity contribution in [2.24, 2.45) is 0 Å². The van der Waals surface area contributed by atoms with Gasteiger partial charge in [-0.25, -0.2) is 0 Å². The molecule has 0 saturated heterocycles. The van der Waals surface area contributed by atoms with Crippen molar-refractivity contribution in [2.45, 2.75) is 19.9 Å². The Labute approximate surface area is 120 Å². The summed E-state index contributed by atoms with van der Waals surface area (Å²) in [5, 5.41) is 4.61. The Balaban J connectivity index is 1.86. The molecule has 0 aliphatic carbocycles. The van der Waals surface area contributed by atoms with Crippen LogP contribution >= 0.6 is 0 Å². The van der Waals surface area contributed by atoms with Crippen molar-refractivity contribution in [2.75, 3.05) is 33.5 Å². The standard InChI is InChI=1S/C16H23NO3/c1-3-15-14(12-17-8-9-19-11-10-18-2)13-6-4-5-7-16(13)20-15/h4-7,17H,3,8-12H2,1-2H3. The zero-order valence-electron chi connectivity index (χ0n) is 12.3. The Kier molecular flexibility index (Phi) is 6.05. The quantitative estimate of drug-likeness (QED) is 0.716. The van der Waals surface area contributed by atoms with Gasteiger partial charge in [-0.15, -0.1) is 0 Å². The van der Waals surface area contributed by atoms with Gasteiger partial charge in [0, 0.05) is 37.6 Å². The zero-order chi connectivity index (χ0) is 14.2. The van der Waals surface area contributed by atoms with Crippen LogP contribution in [0.3, 0.4) is 0 Å². The van der Waals surface area contributed by atoms with E-state index in [1.54, 1.807) is 7.11 Å². The summed E-state index contributed by atoms with van der Waals surface area (Å²) in [5.74, 6) is 1.07. The maximum atomic E-state index is 5.87. The molecule has 110 valence electrons. The van der Waals surface area contributed by atoms with Crippen LogP contribution in [-0.2, 0) is 22.4 Å². The average molecular weight is 277 g/mol. The van der Waals surface area contributed by atoms with E-state index in [4.69, 9.17) is 13.9 Å². The minimum absolute atomic E-state index is 0.645. The fourth-order valence-corrected chi connectivity index (χ4v) is 2.23. The molecule has 0 amide bonds. The molecule has 0 bridgehead atoms. The number of ether oxygens (including phenoxy) is 2. The second-order valence-electron chi connectivity index (χ2n) is 4.64. The molecule has 0 unspecified atom stereocenters. The molecule has 0 aliphatic heterocycles. The van der Waals surface area contributed by atoms with Crippen molar-refractivity contribution >= 4 is 11.0 Å². The summed E-state index contributed by atoms with van der Waals surface area (Å²) in [5.41, 5.74) is 2.23. The van der Waals surface area contributed by atoms with E-state index in [1.807, 2.05) is 12.1 Å². The van der Waals surface area contributed by atoms with Crippen molar-refractivity contribution in [3.8, 4) is 0 Å². The highest BCUT2D eigenvalue weighted by atomic mass is 16.5. The minimum Gasteiger partial charge on any atom is -0.461 e. The predicted octanol–water partition coefficient (Wildman–Crippen LogP) is 2.75. The number of para-hydroxylation sites is 1. The summed E-state index contributed by atoms with van der Waals surface area (Å²) in [4.78, 5) is 0. The third-order valence-corrected chi connectivity index (χ3v) is 3.26. The van der Waals surface area contributed by atoms with Crippen LogP contribution in [0.25, 0.3) is 11.0 Å². The number of hydrogen-bond donors (Lipinski definition) is 1. The third-order valence-electron chi connectivity index (χ3n) is 3.26. The molecule has 0 saturated carbocycles. The van der Waals surface area contributed by atoms with E-state index in [0.717, 1.165) is 30.9 Å². The molecule has 4 nitrogen and oxygen atoms in total. The molecule has 2 aromatic rings. The highest BCUT2D eigenvalue weighted by Crippen LogP contribution is 2.25. The lowest BCUT2D eigenvalue weighted by Gasteiger charge is -2.06. The monoisotopic (exact) mass is 277 g/mol. The Hall–Kier alpha value is -1.36. The first kappa shape index (κ1) is 15.0. The van der Waals surface area contributed by atoms with E-state index >= 15 is 0 Å². The van der Waals surface area contributed by atoms with Crippen molar-refractivity contribution in [3.63, 3.8) is 0 Å². The molecular formula is C16H23NO3. The van der Waals surface area contributed by atoms with Gasteiger partial charge in [0.2, 0.25) is 0 Å². The van der Waals surface area contributed by atoms with Crippen molar-refractivity contribution in [1.29, 1.82) is 0 Å². The second-order valence-corrected chi connectivity index (χ2v) is 4.64. The van der Waals surface area contributed by atoms with Gasteiger partial charge >= 0.3 is 0 Å². The molecule has 20 heavy (non-hydrogen) atoms. The predicted molar refractivity (Wildman–Crippen MR) is 80.0 cm³/mol. The number of fused-ring (bicyclic) bond motifs is 1. The number of rotatable bonds is 9. The van der Waals surface area contributed by atoms with Gasteiger partial charge in [-0.2, -0.15) is 0 Å². The summed E-state index contributed by atoms with van der Waals surface area (Å²) in [6.45, 7) is 5.75. The molecule has 0 spiro atoms. The van der Waals surface area contributed by atoms with Crippen molar-refractivity contribution in [1.82, 2.24) is 5.32 Å². The molecule has 0 fully saturated rings. The van der Waals surface area contributed by atoms with Crippen LogP contribution in [0.2, 0.25) is 0 Å². The van der Waals surface area contributed by atoms with Crippen molar-refractivity contribution < 1.29 is 13.9 Å². The van der Waals surface area contributed by atoms with E-state index in [1.165, 1.54) is 10.9 Å². The Bertz CT molecular complexity index is 521. The van der Waals surface area contributed by atoms with Gasteiger partial charge in [0.05, 0.1) is 19.8 Å². The number of methoxy groups -OCH3 is 1. The SMILES string of the molecule is CCc1oc2ccccc2c1CNCCOCCOC. The average Bonchev–Trinajstić information content (AvgIpc) is 2.84. The maximum Gasteiger partial charge on any atom is 0.134 e. The zero-order valence-corrected chi connectivity index (χ0v) is 12.3.